The highest BCUT2D eigenvalue weighted by atomic mass is 16.4. The molecule has 1 N–H and O–H groups in total. The van der Waals surface area contributed by atoms with Gasteiger partial charge in [-0.2, -0.15) is 0 Å². The number of anilines is 1. The van der Waals surface area contributed by atoms with Crippen LogP contribution in [0.5, 0.6) is 0 Å². The third-order valence-electron chi connectivity index (χ3n) is 4.40. The van der Waals surface area contributed by atoms with E-state index in [1.54, 1.807) is 12.3 Å². The van der Waals surface area contributed by atoms with Gasteiger partial charge in [0.15, 0.2) is 0 Å². The third kappa shape index (κ3) is 2.80. The van der Waals surface area contributed by atoms with Crippen LogP contribution in [0.1, 0.15) is 28.0 Å². The van der Waals surface area contributed by atoms with E-state index in [2.05, 4.69) is 27.0 Å². The molecule has 1 aliphatic heterocycles. The molecule has 0 unspecified atom stereocenters. The number of aromatic nitrogens is 2. The van der Waals surface area contributed by atoms with E-state index < -0.39 is 5.97 Å². The molecule has 1 fully saturated rings. The number of carbonyl (C=O) groups is 1. The largest absolute Gasteiger partial charge is 0.478 e. The Bertz CT molecular complexity index is 919. The highest BCUT2D eigenvalue weighted by Gasteiger charge is 2.15. The molecule has 0 bridgehead atoms. The molecule has 120 valence electrons. The van der Waals surface area contributed by atoms with Gasteiger partial charge in [0.25, 0.3) is 0 Å². The lowest BCUT2D eigenvalue weighted by atomic mass is 10.0. The molecule has 1 aliphatic rings. The molecule has 1 saturated heterocycles. The molecule has 5 nitrogen and oxygen atoms in total. The Morgan fingerprint density at radius 2 is 2.00 bits per heavy atom. The van der Waals surface area contributed by atoms with E-state index in [0.717, 1.165) is 40.9 Å². The van der Waals surface area contributed by atoms with Crippen molar-refractivity contribution in [1.29, 1.82) is 0 Å². The van der Waals surface area contributed by atoms with Gasteiger partial charge in [-0.1, -0.05) is 6.07 Å². The minimum atomic E-state index is -0.930. The van der Waals surface area contributed by atoms with Crippen molar-refractivity contribution in [3.63, 3.8) is 0 Å². The Kier molecular flexibility index (Phi) is 3.61. The number of hydrogen-bond donors (Lipinski definition) is 1. The normalized spacial score (nSPS) is 13.8. The summed E-state index contributed by atoms with van der Waals surface area (Å²) in [5.74, 6) is -0.930. The lowest BCUT2D eigenvalue weighted by Crippen LogP contribution is -2.36. The Hall–Kier alpha value is -2.95. The van der Waals surface area contributed by atoms with Gasteiger partial charge in [0.1, 0.15) is 0 Å². The lowest BCUT2D eigenvalue weighted by molar-refractivity contribution is 0.0696. The first kappa shape index (κ1) is 14.6. The standard InChI is InChI=1S/C19H17N3O2/c23-19(24)14-4-5-20-16(10-14)9-13-2-3-18-15(8-13)11-17(12-21-18)22-6-1-7-22/h2-5,8,10-12H,1,6-7,9H2,(H,23,24). The van der Waals surface area contributed by atoms with Gasteiger partial charge in [-0.15, -0.1) is 0 Å². The fourth-order valence-electron chi connectivity index (χ4n) is 2.94. The summed E-state index contributed by atoms with van der Waals surface area (Å²) >= 11 is 0. The summed E-state index contributed by atoms with van der Waals surface area (Å²) in [6.45, 7) is 2.19. The Labute approximate surface area is 139 Å². The molecule has 4 rings (SSSR count). The second-order valence-electron chi connectivity index (χ2n) is 6.08. The van der Waals surface area contributed by atoms with E-state index in [1.165, 1.54) is 12.5 Å². The minimum Gasteiger partial charge on any atom is -0.478 e. The monoisotopic (exact) mass is 319 g/mol. The quantitative estimate of drug-likeness (QED) is 0.800. The molecule has 0 radical (unpaired) electrons. The van der Waals surface area contributed by atoms with Crippen LogP contribution in [-0.4, -0.2) is 34.1 Å². The predicted octanol–water partition coefficient (Wildman–Crippen LogP) is 3.13. The summed E-state index contributed by atoms with van der Waals surface area (Å²) in [5, 5.41) is 10.2. The molecule has 3 aromatic rings. The van der Waals surface area contributed by atoms with Crippen molar-refractivity contribution in [2.24, 2.45) is 0 Å². The lowest BCUT2D eigenvalue weighted by Gasteiger charge is -2.32. The molecule has 24 heavy (non-hydrogen) atoms. The van der Waals surface area contributed by atoms with Crippen LogP contribution >= 0.6 is 0 Å². The van der Waals surface area contributed by atoms with E-state index in [0.29, 0.717) is 6.42 Å². The summed E-state index contributed by atoms with van der Waals surface area (Å²) < 4.78 is 0. The SMILES string of the molecule is O=C(O)c1ccnc(Cc2ccc3ncc(N4CCC4)cc3c2)c1. The van der Waals surface area contributed by atoms with Crippen molar-refractivity contribution >= 4 is 22.6 Å². The van der Waals surface area contributed by atoms with Crippen molar-refractivity contribution < 1.29 is 9.90 Å². The van der Waals surface area contributed by atoms with Gasteiger partial charge in [-0.05, 0) is 42.3 Å². The highest BCUT2D eigenvalue weighted by Crippen LogP contribution is 2.25. The Morgan fingerprint density at radius 1 is 1.12 bits per heavy atom. The fourth-order valence-corrected chi connectivity index (χ4v) is 2.94. The van der Waals surface area contributed by atoms with Gasteiger partial charge in [-0.25, -0.2) is 4.79 Å². The average Bonchev–Trinajstić information content (AvgIpc) is 2.53. The van der Waals surface area contributed by atoms with Gasteiger partial charge >= 0.3 is 5.97 Å². The van der Waals surface area contributed by atoms with E-state index in [9.17, 15) is 4.79 Å². The van der Waals surface area contributed by atoms with Crippen molar-refractivity contribution in [2.45, 2.75) is 12.8 Å². The van der Waals surface area contributed by atoms with Gasteiger partial charge in [-0.3, -0.25) is 9.97 Å². The third-order valence-corrected chi connectivity index (χ3v) is 4.40. The van der Waals surface area contributed by atoms with Crippen LogP contribution in [0.2, 0.25) is 0 Å². The number of nitrogens with zero attached hydrogens (tertiary/aromatic N) is 3. The molecule has 0 atom stereocenters. The van der Waals surface area contributed by atoms with Crippen LogP contribution in [0.3, 0.4) is 0 Å². The van der Waals surface area contributed by atoms with Crippen molar-refractivity contribution in [1.82, 2.24) is 9.97 Å². The Morgan fingerprint density at radius 3 is 2.75 bits per heavy atom. The number of aromatic carboxylic acids is 1. The van der Waals surface area contributed by atoms with Crippen molar-refractivity contribution in [3.8, 4) is 0 Å². The molecular weight excluding hydrogens is 302 g/mol. The number of carboxylic acids is 1. The number of benzene rings is 1. The van der Waals surface area contributed by atoms with Crippen LogP contribution in [0.4, 0.5) is 5.69 Å². The zero-order valence-electron chi connectivity index (χ0n) is 13.1. The van der Waals surface area contributed by atoms with E-state index in [-0.39, 0.29) is 5.56 Å². The minimum absolute atomic E-state index is 0.266. The molecule has 0 saturated carbocycles. The molecule has 2 aromatic heterocycles. The van der Waals surface area contributed by atoms with Crippen molar-refractivity contribution in [3.05, 3.63) is 65.6 Å². The smallest absolute Gasteiger partial charge is 0.335 e. The number of fused-ring (bicyclic) bond motifs is 1. The first-order valence-electron chi connectivity index (χ1n) is 8.01. The highest BCUT2D eigenvalue weighted by molar-refractivity contribution is 5.87. The van der Waals surface area contributed by atoms with Crippen LogP contribution in [-0.2, 0) is 6.42 Å². The van der Waals surface area contributed by atoms with Gasteiger partial charge < -0.3 is 10.0 Å². The summed E-state index contributed by atoms with van der Waals surface area (Å²) in [4.78, 5) is 22.2. The predicted molar refractivity (Wildman–Crippen MR) is 92.6 cm³/mol. The van der Waals surface area contributed by atoms with Crippen LogP contribution in [0.15, 0.2) is 48.8 Å². The molecule has 1 aromatic carbocycles. The molecule has 0 spiro atoms. The maximum absolute atomic E-state index is 11.1. The summed E-state index contributed by atoms with van der Waals surface area (Å²) in [5.41, 5.74) is 4.25. The second kappa shape index (κ2) is 5.92. The first-order chi connectivity index (χ1) is 11.7. The Balaban J connectivity index is 1.64. The molecular formula is C19H17N3O2. The molecule has 5 heteroatoms. The summed E-state index contributed by atoms with van der Waals surface area (Å²) in [6, 6.07) is 11.4. The maximum atomic E-state index is 11.1. The van der Waals surface area contributed by atoms with Crippen LogP contribution in [0.25, 0.3) is 10.9 Å². The second-order valence-corrected chi connectivity index (χ2v) is 6.08. The van der Waals surface area contributed by atoms with Gasteiger partial charge in [0.05, 0.1) is 23.0 Å². The van der Waals surface area contributed by atoms with Crippen LogP contribution < -0.4 is 4.90 Å². The zero-order valence-corrected chi connectivity index (χ0v) is 13.1. The molecule has 0 aliphatic carbocycles. The van der Waals surface area contributed by atoms with E-state index in [1.807, 2.05) is 18.3 Å². The summed E-state index contributed by atoms with van der Waals surface area (Å²) in [7, 11) is 0. The topological polar surface area (TPSA) is 66.3 Å². The van der Waals surface area contributed by atoms with E-state index in [4.69, 9.17) is 5.11 Å². The van der Waals surface area contributed by atoms with Crippen LogP contribution in [0, 0.1) is 0 Å². The number of rotatable bonds is 4. The molecule has 3 heterocycles. The number of hydrogen-bond acceptors (Lipinski definition) is 4. The average molecular weight is 319 g/mol. The van der Waals surface area contributed by atoms with E-state index >= 15 is 0 Å². The molecule has 0 amide bonds. The zero-order chi connectivity index (χ0) is 16.5. The summed E-state index contributed by atoms with van der Waals surface area (Å²) in [6.07, 6.45) is 5.32. The maximum Gasteiger partial charge on any atom is 0.335 e. The van der Waals surface area contributed by atoms with Gasteiger partial charge in [0.2, 0.25) is 0 Å². The van der Waals surface area contributed by atoms with Crippen molar-refractivity contribution in [2.75, 3.05) is 18.0 Å². The first-order valence-corrected chi connectivity index (χ1v) is 8.01. The number of pyridine rings is 2. The van der Waals surface area contributed by atoms with Gasteiger partial charge in [0, 0.05) is 36.8 Å². The number of carboxylic acid groups (broad SMARTS) is 1. The fraction of sp³-hybridized carbons (Fsp3) is 0.211.